The van der Waals surface area contributed by atoms with Crippen molar-refractivity contribution in [2.45, 2.75) is 33.4 Å². The van der Waals surface area contributed by atoms with Gasteiger partial charge in [-0.2, -0.15) is 0 Å². The molecule has 1 aromatic heterocycles. The van der Waals surface area contributed by atoms with Gasteiger partial charge in [-0.3, -0.25) is 0 Å². The molecule has 0 spiro atoms. The molecule has 0 aliphatic rings. The lowest BCUT2D eigenvalue weighted by molar-refractivity contribution is 0.311. The number of hydrogen-bond acceptors (Lipinski definition) is 3. The highest BCUT2D eigenvalue weighted by atomic mass is 35.5. The zero-order chi connectivity index (χ0) is 12.8. The summed E-state index contributed by atoms with van der Waals surface area (Å²) in [5, 5.41) is 3.54. The zero-order valence-electron chi connectivity index (χ0n) is 11.2. The Morgan fingerprint density at radius 1 is 1.35 bits per heavy atom. The lowest BCUT2D eigenvalue weighted by Gasteiger charge is -2.20. The Morgan fingerprint density at radius 2 is 2.06 bits per heavy atom. The Bertz CT molecular complexity index is 325. The molecule has 0 bridgehead atoms. The van der Waals surface area contributed by atoms with Crippen LogP contribution in [0.15, 0.2) is 12.1 Å². The van der Waals surface area contributed by atoms with Gasteiger partial charge < -0.3 is 10.2 Å². The van der Waals surface area contributed by atoms with E-state index in [-0.39, 0.29) is 0 Å². The molecule has 0 radical (unpaired) electrons. The van der Waals surface area contributed by atoms with Crippen LogP contribution in [0.5, 0.6) is 0 Å². The van der Waals surface area contributed by atoms with E-state index in [2.05, 4.69) is 44.1 Å². The third-order valence-corrected chi connectivity index (χ3v) is 4.23. The molecule has 1 aromatic rings. The number of thiophene rings is 1. The van der Waals surface area contributed by atoms with Crippen LogP contribution in [-0.4, -0.2) is 31.1 Å². The molecule has 1 N–H and O–H groups in total. The maximum atomic E-state index is 5.91. The number of hydrogen-bond donors (Lipinski definition) is 1. The standard InChI is InChI=1S/C13H23ClN2S/c1-10(2)11(3)15-7-8-16(4)9-12-5-6-13(14)17-12/h5-6,10-11,15H,7-9H2,1-4H3. The number of nitrogens with one attached hydrogen (secondary N) is 1. The second kappa shape index (κ2) is 7.37. The fourth-order valence-corrected chi connectivity index (χ4v) is 2.67. The molecule has 17 heavy (non-hydrogen) atoms. The van der Waals surface area contributed by atoms with Gasteiger partial charge in [-0.1, -0.05) is 25.4 Å². The van der Waals surface area contributed by atoms with Gasteiger partial charge >= 0.3 is 0 Å². The molecule has 1 rings (SSSR count). The average Bonchev–Trinajstić information content (AvgIpc) is 2.63. The summed E-state index contributed by atoms with van der Waals surface area (Å²) in [6.45, 7) is 9.81. The largest absolute Gasteiger partial charge is 0.313 e. The molecule has 1 heterocycles. The second-order valence-electron chi connectivity index (χ2n) is 4.93. The Morgan fingerprint density at radius 3 is 2.59 bits per heavy atom. The van der Waals surface area contributed by atoms with Crippen molar-refractivity contribution in [2.24, 2.45) is 5.92 Å². The highest BCUT2D eigenvalue weighted by Crippen LogP contribution is 2.22. The number of likely N-dealkylation sites (N-methyl/N-ethyl adjacent to an activating group) is 1. The van der Waals surface area contributed by atoms with Crippen molar-refractivity contribution in [3.63, 3.8) is 0 Å². The van der Waals surface area contributed by atoms with Crippen molar-refractivity contribution in [3.8, 4) is 0 Å². The summed E-state index contributed by atoms with van der Waals surface area (Å²) in [7, 11) is 2.15. The normalized spacial score (nSPS) is 13.6. The summed E-state index contributed by atoms with van der Waals surface area (Å²) in [5.41, 5.74) is 0. The van der Waals surface area contributed by atoms with Gasteiger partial charge in [0.1, 0.15) is 0 Å². The van der Waals surface area contributed by atoms with E-state index in [9.17, 15) is 0 Å². The molecule has 0 saturated heterocycles. The van der Waals surface area contributed by atoms with E-state index in [4.69, 9.17) is 11.6 Å². The first-order chi connectivity index (χ1) is 7.99. The van der Waals surface area contributed by atoms with Crippen LogP contribution >= 0.6 is 22.9 Å². The molecule has 0 fully saturated rings. The van der Waals surface area contributed by atoms with Gasteiger partial charge in [0, 0.05) is 30.6 Å². The first-order valence-corrected chi connectivity index (χ1v) is 7.34. The highest BCUT2D eigenvalue weighted by Gasteiger charge is 2.07. The molecule has 98 valence electrons. The number of halogens is 1. The van der Waals surface area contributed by atoms with Crippen LogP contribution < -0.4 is 5.32 Å². The molecule has 0 aliphatic carbocycles. The molecule has 1 unspecified atom stereocenters. The van der Waals surface area contributed by atoms with Gasteiger partial charge in [0.25, 0.3) is 0 Å². The van der Waals surface area contributed by atoms with Crippen molar-refractivity contribution >= 4 is 22.9 Å². The second-order valence-corrected chi connectivity index (χ2v) is 6.73. The Hall–Kier alpha value is -0.0900. The summed E-state index contributed by atoms with van der Waals surface area (Å²) < 4.78 is 0.875. The topological polar surface area (TPSA) is 15.3 Å². The van der Waals surface area contributed by atoms with E-state index in [1.807, 2.05) is 6.07 Å². The summed E-state index contributed by atoms with van der Waals surface area (Å²) in [5.74, 6) is 0.691. The van der Waals surface area contributed by atoms with Gasteiger partial charge in [0.2, 0.25) is 0 Å². The van der Waals surface area contributed by atoms with Crippen LogP contribution in [-0.2, 0) is 6.54 Å². The molecule has 4 heteroatoms. The Labute approximate surface area is 114 Å². The predicted octanol–water partition coefficient (Wildman–Crippen LogP) is 3.47. The van der Waals surface area contributed by atoms with Crippen molar-refractivity contribution < 1.29 is 0 Å². The first kappa shape index (κ1) is 15.0. The molecular weight excluding hydrogens is 252 g/mol. The van der Waals surface area contributed by atoms with Crippen molar-refractivity contribution in [1.82, 2.24) is 10.2 Å². The van der Waals surface area contributed by atoms with E-state index in [0.29, 0.717) is 12.0 Å². The highest BCUT2D eigenvalue weighted by molar-refractivity contribution is 7.16. The fraction of sp³-hybridized carbons (Fsp3) is 0.692. The lowest BCUT2D eigenvalue weighted by atomic mass is 10.1. The van der Waals surface area contributed by atoms with Gasteiger partial charge in [-0.25, -0.2) is 0 Å². The summed E-state index contributed by atoms with van der Waals surface area (Å²) in [6, 6.07) is 4.65. The zero-order valence-corrected chi connectivity index (χ0v) is 12.7. The van der Waals surface area contributed by atoms with Crippen molar-refractivity contribution in [1.29, 1.82) is 0 Å². The summed E-state index contributed by atoms with van der Waals surface area (Å²) >= 11 is 7.58. The van der Waals surface area contributed by atoms with E-state index >= 15 is 0 Å². The first-order valence-electron chi connectivity index (χ1n) is 6.15. The maximum Gasteiger partial charge on any atom is 0.0931 e. The lowest BCUT2D eigenvalue weighted by Crippen LogP contribution is -2.36. The van der Waals surface area contributed by atoms with Crippen LogP contribution in [0.3, 0.4) is 0 Å². The van der Waals surface area contributed by atoms with Gasteiger partial charge in [-0.05, 0) is 32.0 Å². The molecule has 0 amide bonds. The molecule has 0 saturated carbocycles. The SMILES string of the molecule is CC(C)C(C)NCCN(C)Cc1ccc(Cl)s1. The van der Waals surface area contributed by atoms with Crippen molar-refractivity contribution in [2.75, 3.05) is 20.1 Å². The smallest absolute Gasteiger partial charge is 0.0931 e. The van der Waals surface area contributed by atoms with E-state index in [0.717, 1.165) is 24.0 Å². The third-order valence-electron chi connectivity index (χ3n) is 3.01. The maximum absolute atomic E-state index is 5.91. The Balaban J connectivity index is 2.19. The summed E-state index contributed by atoms with van der Waals surface area (Å²) in [6.07, 6.45) is 0. The van der Waals surface area contributed by atoms with Crippen molar-refractivity contribution in [3.05, 3.63) is 21.3 Å². The minimum Gasteiger partial charge on any atom is -0.313 e. The minimum atomic E-state index is 0.583. The fourth-order valence-electron chi connectivity index (χ4n) is 1.50. The van der Waals surface area contributed by atoms with Gasteiger partial charge in [0.05, 0.1) is 4.34 Å². The van der Waals surface area contributed by atoms with Crippen LogP contribution in [0.25, 0.3) is 0 Å². The molecule has 1 atom stereocenters. The molecule has 0 aliphatic heterocycles. The van der Waals surface area contributed by atoms with E-state index in [1.165, 1.54) is 4.88 Å². The van der Waals surface area contributed by atoms with Gasteiger partial charge in [0.15, 0.2) is 0 Å². The van der Waals surface area contributed by atoms with E-state index < -0.39 is 0 Å². The average molecular weight is 275 g/mol. The number of nitrogens with zero attached hydrogens (tertiary/aromatic N) is 1. The third kappa shape index (κ3) is 5.87. The van der Waals surface area contributed by atoms with Crippen LogP contribution in [0.2, 0.25) is 4.34 Å². The van der Waals surface area contributed by atoms with Crippen LogP contribution in [0.4, 0.5) is 0 Å². The Kier molecular flexibility index (Phi) is 6.49. The van der Waals surface area contributed by atoms with E-state index in [1.54, 1.807) is 11.3 Å². The molecule has 0 aromatic carbocycles. The van der Waals surface area contributed by atoms with Crippen LogP contribution in [0.1, 0.15) is 25.6 Å². The minimum absolute atomic E-state index is 0.583. The predicted molar refractivity (Wildman–Crippen MR) is 78.0 cm³/mol. The quantitative estimate of drug-likeness (QED) is 0.819. The molecule has 2 nitrogen and oxygen atoms in total. The van der Waals surface area contributed by atoms with Crippen LogP contribution in [0, 0.1) is 5.92 Å². The van der Waals surface area contributed by atoms with Gasteiger partial charge in [-0.15, -0.1) is 11.3 Å². The monoisotopic (exact) mass is 274 g/mol. The molecular formula is C13H23ClN2S. The summed E-state index contributed by atoms with van der Waals surface area (Å²) in [4.78, 5) is 3.65. The number of rotatable bonds is 7.